The molecule has 2 aromatic rings. The second-order valence-corrected chi connectivity index (χ2v) is 8.36. The second kappa shape index (κ2) is 7.81. The molecule has 1 fully saturated rings. The number of piperidine rings is 1. The van der Waals surface area contributed by atoms with Gasteiger partial charge in [-0.2, -0.15) is 13.2 Å². The van der Waals surface area contributed by atoms with Crippen LogP contribution in [-0.2, 0) is 11.7 Å². The summed E-state index contributed by atoms with van der Waals surface area (Å²) in [5.41, 5.74) is -0.146. The van der Waals surface area contributed by atoms with E-state index in [9.17, 15) is 13.2 Å². The molecule has 2 heterocycles. The monoisotopic (exact) mass is 395 g/mol. The van der Waals surface area contributed by atoms with E-state index in [4.69, 9.17) is 0 Å². The molecule has 154 valence electrons. The van der Waals surface area contributed by atoms with Gasteiger partial charge in [0.15, 0.2) is 5.82 Å². The van der Waals surface area contributed by atoms with Gasteiger partial charge in [0.1, 0.15) is 0 Å². The quantitative estimate of drug-likeness (QED) is 0.739. The number of rotatable bonds is 5. The van der Waals surface area contributed by atoms with Crippen molar-refractivity contribution in [1.82, 2.24) is 25.1 Å². The SMILES string of the molecule is CCC(C)(C)n1nnnc1C(c1ccc(C(F)(F)F)cc1)N1CCC(C)CC1. The summed E-state index contributed by atoms with van der Waals surface area (Å²) in [5.74, 6) is 1.33. The van der Waals surface area contributed by atoms with Crippen molar-refractivity contribution < 1.29 is 13.2 Å². The minimum atomic E-state index is -4.35. The van der Waals surface area contributed by atoms with E-state index in [0.717, 1.165) is 50.0 Å². The lowest BCUT2D eigenvalue weighted by Gasteiger charge is -2.37. The van der Waals surface area contributed by atoms with Gasteiger partial charge in [-0.15, -0.1) is 5.10 Å². The van der Waals surface area contributed by atoms with Crippen molar-refractivity contribution >= 4 is 0 Å². The molecular weight excluding hydrogens is 367 g/mol. The zero-order chi connectivity index (χ0) is 20.5. The highest BCUT2D eigenvalue weighted by Gasteiger charge is 2.35. The summed E-state index contributed by atoms with van der Waals surface area (Å²) in [6, 6.07) is 5.14. The van der Waals surface area contributed by atoms with E-state index in [-0.39, 0.29) is 11.6 Å². The minimum absolute atomic E-state index is 0.268. The number of hydrogen-bond donors (Lipinski definition) is 0. The third kappa shape index (κ3) is 4.21. The number of tetrazole rings is 1. The first-order chi connectivity index (χ1) is 13.1. The van der Waals surface area contributed by atoms with Crippen LogP contribution in [0.4, 0.5) is 13.2 Å². The Labute approximate surface area is 163 Å². The molecule has 0 bridgehead atoms. The zero-order valence-electron chi connectivity index (χ0n) is 16.9. The topological polar surface area (TPSA) is 46.8 Å². The van der Waals surface area contributed by atoms with Crippen LogP contribution in [-0.4, -0.2) is 38.2 Å². The molecule has 1 saturated heterocycles. The van der Waals surface area contributed by atoms with Crippen LogP contribution in [0, 0.1) is 5.92 Å². The summed E-state index contributed by atoms with van der Waals surface area (Å²) in [6.07, 6.45) is -1.41. The molecule has 8 heteroatoms. The second-order valence-electron chi connectivity index (χ2n) is 8.36. The summed E-state index contributed by atoms with van der Waals surface area (Å²) in [5, 5.41) is 12.4. The summed E-state index contributed by atoms with van der Waals surface area (Å²) in [7, 11) is 0. The minimum Gasteiger partial charge on any atom is -0.290 e. The molecule has 0 saturated carbocycles. The molecule has 0 amide bonds. The number of nitrogens with zero attached hydrogens (tertiary/aromatic N) is 5. The lowest BCUT2D eigenvalue weighted by Crippen LogP contribution is -2.40. The molecule has 1 unspecified atom stereocenters. The van der Waals surface area contributed by atoms with Crippen molar-refractivity contribution in [3.8, 4) is 0 Å². The first kappa shape index (κ1) is 20.8. The maximum absolute atomic E-state index is 13.0. The fourth-order valence-corrected chi connectivity index (χ4v) is 3.61. The average molecular weight is 395 g/mol. The summed E-state index contributed by atoms with van der Waals surface area (Å²) in [4.78, 5) is 2.29. The fraction of sp³-hybridized carbons (Fsp3) is 0.650. The molecule has 3 rings (SSSR count). The Hall–Kier alpha value is -1.96. The molecule has 1 aliphatic heterocycles. The number of hydrogen-bond acceptors (Lipinski definition) is 4. The Morgan fingerprint density at radius 3 is 2.25 bits per heavy atom. The Kier molecular flexibility index (Phi) is 5.79. The van der Waals surface area contributed by atoms with E-state index in [1.165, 1.54) is 0 Å². The van der Waals surface area contributed by atoms with Gasteiger partial charge in [-0.1, -0.05) is 26.0 Å². The number of halogens is 3. The Balaban J connectivity index is 2.03. The van der Waals surface area contributed by atoms with Gasteiger partial charge in [-0.3, -0.25) is 4.90 Å². The van der Waals surface area contributed by atoms with Crippen molar-refractivity contribution in [1.29, 1.82) is 0 Å². The van der Waals surface area contributed by atoms with Crippen LogP contribution in [0.5, 0.6) is 0 Å². The Bertz CT molecular complexity index is 774. The average Bonchev–Trinajstić information content (AvgIpc) is 3.13. The zero-order valence-corrected chi connectivity index (χ0v) is 16.9. The van der Waals surface area contributed by atoms with Crippen molar-refractivity contribution in [3.63, 3.8) is 0 Å². The first-order valence-electron chi connectivity index (χ1n) is 9.83. The van der Waals surface area contributed by atoms with Gasteiger partial charge >= 0.3 is 6.18 Å². The van der Waals surface area contributed by atoms with Crippen LogP contribution >= 0.6 is 0 Å². The fourth-order valence-electron chi connectivity index (χ4n) is 3.61. The van der Waals surface area contributed by atoms with Crippen LogP contribution < -0.4 is 0 Å². The number of aromatic nitrogens is 4. The molecule has 1 aliphatic rings. The molecule has 5 nitrogen and oxygen atoms in total. The van der Waals surface area contributed by atoms with Gasteiger partial charge < -0.3 is 0 Å². The molecule has 0 spiro atoms. The van der Waals surface area contributed by atoms with Gasteiger partial charge in [0.05, 0.1) is 17.1 Å². The molecule has 1 aromatic carbocycles. The van der Waals surface area contributed by atoms with E-state index in [1.807, 2.05) is 4.68 Å². The maximum Gasteiger partial charge on any atom is 0.416 e. The third-order valence-electron chi connectivity index (χ3n) is 5.91. The highest BCUT2D eigenvalue weighted by molar-refractivity contribution is 5.30. The Morgan fingerprint density at radius 2 is 1.71 bits per heavy atom. The van der Waals surface area contributed by atoms with E-state index in [1.54, 1.807) is 12.1 Å². The predicted molar refractivity (Wildman–Crippen MR) is 101 cm³/mol. The van der Waals surface area contributed by atoms with Gasteiger partial charge in [0.2, 0.25) is 0 Å². The lowest BCUT2D eigenvalue weighted by atomic mass is 9.94. The largest absolute Gasteiger partial charge is 0.416 e. The van der Waals surface area contributed by atoms with E-state index < -0.39 is 11.7 Å². The first-order valence-corrected chi connectivity index (χ1v) is 9.83. The molecule has 0 radical (unpaired) electrons. The van der Waals surface area contributed by atoms with E-state index in [0.29, 0.717) is 11.7 Å². The molecule has 0 aliphatic carbocycles. The van der Waals surface area contributed by atoms with Crippen LogP contribution in [0.15, 0.2) is 24.3 Å². The highest BCUT2D eigenvalue weighted by atomic mass is 19.4. The number of benzene rings is 1. The molecule has 28 heavy (non-hydrogen) atoms. The summed E-state index contributed by atoms with van der Waals surface area (Å²) < 4.78 is 40.9. The third-order valence-corrected chi connectivity index (χ3v) is 5.91. The Morgan fingerprint density at radius 1 is 1.11 bits per heavy atom. The van der Waals surface area contributed by atoms with Gasteiger partial charge in [0.25, 0.3) is 0 Å². The lowest BCUT2D eigenvalue weighted by molar-refractivity contribution is -0.137. The number of alkyl halides is 3. The predicted octanol–water partition coefficient (Wildman–Crippen LogP) is 4.66. The molecular formula is C20H28F3N5. The summed E-state index contributed by atoms with van der Waals surface area (Å²) >= 11 is 0. The van der Waals surface area contributed by atoms with E-state index in [2.05, 4.69) is 48.1 Å². The molecule has 1 aromatic heterocycles. The van der Waals surface area contributed by atoms with E-state index >= 15 is 0 Å². The van der Waals surface area contributed by atoms with Crippen molar-refractivity contribution in [2.45, 2.75) is 64.7 Å². The standard InChI is InChI=1S/C20H28F3N5/c1-5-19(3,4)28-18(24-25-26-28)17(27-12-10-14(2)11-13-27)15-6-8-16(9-7-15)20(21,22)23/h6-9,14,17H,5,10-13H2,1-4H3. The highest BCUT2D eigenvalue weighted by Crippen LogP contribution is 2.35. The van der Waals surface area contributed by atoms with Crippen LogP contribution in [0.1, 0.15) is 70.0 Å². The van der Waals surface area contributed by atoms with Crippen molar-refractivity contribution in [2.24, 2.45) is 5.92 Å². The van der Waals surface area contributed by atoms with Crippen molar-refractivity contribution in [2.75, 3.05) is 13.1 Å². The maximum atomic E-state index is 13.0. The number of likely N-dealkylation sites (tertiary alicyclic amines) is 1. The van der Waals surface area contributed by atoms with Gasteiger partial charge in [-0.05, 0) is 80.2 Å². The van der Waals surface area contributed by atoms with Crippen LogP contribution in [0.25, 0.3) is 0 Å². The van der Waals surface area contributed by atoms with Crippen LogP contribution in [0.3, 0.4) is 0 Å². The molecule has 0 N–H and O–H groups in total. The van der Waals surface area contributed by atoms with Crippen LogP contribution in [0.2, 0.25) is 0 Å². The smallest absolute Gasteiger partial charge is 0.290 e. The summed E-state index contributed by atoms with van der Waals surface area (Å²) in [6.45, 7) is 10.2. The van der Waals surface area contributed by atoms with Gasteiger partial charge in [0, 0.05) is 0 Å². The normalized spacial score (nSPS) is 18.4. The van der Waals surface area contributed by atoms with Gasteiger partial charge in [-0.25, -0.2) is 4.68 Å². The van der Waals surface area contributed by atoms with Crippen molar-refractivity contribution in [3.05, 3.63) is 41.2 Å². The molecule has 1 atom stereocenters.